The third kappa shape index (κ3) is 3.04. The molecule has 3 rings (SSSR count). The van der Waals surface area contributed by atoms with Crippen LogP contribution in [0, 0.1) is 31.0 Å². The molecule has 0 saturated carbocycles. The molecule has 1 aromatic heterocycles. The first-order valence-corrected chi connectivity index (χ1v) is 7.86. The van der Waals surface area contributed by atoms with Gasteiger partial charge in [0.15, 0.2) is 0 Å². The lowest BCUT2D eigenvalue weighted by Gasteiger charge is -2.07. The molecule has 5 heteroatoms. The number of hydrogen-bond acceptors (Lipinski definition) is 2. The van der Waals surface area contributed by atoms with Crippen LogP contribution in [0.15, 0.2) is 42.5 Å². The molecule has 0 aliphatic carbocycles. The normalized spacial score (nSPS) is 10.6. The number of aryl methyl sites for hydroxylation is 1. The van der Waals surface area contributed by atoms with E-state index in [1.54, 1.807) is 24.3 Å². The summed E-state index contributed by atoms with van der Waals surface area (Å²) in [6.07, 6.45) is 0. The number of halogens is 2. The van der Waals surface area contributed by atoms with Crippen molar-refractivity contribution in [1.29, 1.82) is 5.26 Å². The van der Waals surface area contributed by atoms with Crippen molar-refractivity contribution in [1.82, 2.24) is 9.78 Å². The standard InChI is InChI=1S/C19H15ClFN3/c1-12-19(15-5-6-16(10-22)18(20)9-15)13(2)24(23-12)11-14-3-7-17(21)8-4-14/h3-9H,11H2,1-2H3. The monoisotopic (exact) mass is 339 g/mol. The Morgan fingerprint density at radius 3 is 2.50 bits per heavy atom. The summed E-state index contributed by atoms with van der Waals surface area (Å²) in [6.45, 7) is 4.50. The Bertz CT molecular complexity index is 936. The van der Waals surface area contributed by atoms with E-state index in [2.05, 4.69) is 11.2 Å². The Hall–Kier alpha value is -2.64. The highest BCUT2D eigenvalue weighted by atomic mass is 35.5. The lowest BCUT2D eigenvalue weighted by atomic mass is 10.0. The van der Waals surface area contributed by atoms with Gasteiger partial charge in [0.1, 0.15) is 11.9 Å². The van der Waals surface area contributed by atoms with E-state index in [-0.39, 0.29) is 5.82 Å². The van der Waals surface area contributed by atoms with Crippen LogP contribution < -0.4 is 0 Å². The number of benzene rings is 2. The van der Waals surface area contributed by atoms with Gasteiger partial charge in [0.25, 0.3) is 0 Å². The van der Waals surface area contributed by atoms with E-state index in [1.165, 1.54) is 12.1 Å². The highest BCUT2D eigenvalue weighted by molar-refractivity contribution is 6.32. The molecule has 0 amide bonds. The predicted molar refractivity (Wildman–Crippen MR) is 92.4 cm³/mol. The van der Waals surface area contributed by atoms with Crippen LogP contribution in [-0.4, -0.2) is 9.78 Å². The van der Waals surface area contributed by atoms with Gasteiger partial charge in [-0.05, 0) is 49.2 Å². The Kier molecular flexibility index (Phi) is 4.37. The zero-order valence-electron chi connectivity index (χ0n) is 13.3. The molecule has 24 heavy (non-hydrogen) atoms. The van der Waals surface area contributed by atoms with Crippen molar-refractivity contribution in [2.45, 2.75) is 20.4 Å². The van der Waals surface area contributed by atoms with E-state index >= 15 is 0 Å². The number of rotatable bonds is 3. The molecule has 0 aliphatic rings. The summed E-state index contributed by atoms with van der Waals surface area (Å²) in [5, 5.41) is 14.0. The second-order valence-electron chi connectivity index (χ2n) is 5.64. The van der Waals surface area contributed by atoms with Crippen LogP contribution in [0.25, 0.3) is 11.1 Å². The zero-order valence-corrected chi connectivity index (χ0v) is 14.1. The second kappa shape index (κ2) is 6.46. The molecule has 3 nitrogen and oxygen atoms in total. The molecule has 0 fully saturated rings. The Balaban J connectivity index is 1.99. The van der Waals surface area contributed by atoms with Crippen molar-refractivity contribution in [3.63, 3.8) is 0 Å². The van der Waals surface area contributed by atoms with Crippen LogP contribution in [0.1, 0.15) is 22.5 Å². The number of nitriles is 1. The Labute approximate surface area is 144 Å². The van der Waals surface area contributed by atoms with Crippen LogP contribution in [0.4, 0.5) is 4.39 Å². The maximum Gasteiger partial charge on any atom is 0.123 e. The fourth-order valence-electron chi connectivity index (χ4n) is 2.79. The third-order valence-corrected chi connectivity index (χ3v) is 4.32. The number of aromatic nitrogens is 2. The van der Waals surface area contributed by atoms with Gasteiger partial charge in [-0.25, -0.2) is 4.39 Å². The van der Waals surface area contributed by atoms with Crippen LogP contribution in [0.5, 0.6) is 0 Å². The molecule has 0 atom stereocenters. The number of nitrogens with zero attached hydrogens (tertiary/aromatic N) is 3. The molecule has 1 heterocycles. The maximum atomic E-state index is 13.0. The topological polar surface area (TPSA) is 41.6 Å². The first kappa shape index (κ1) is 16.2. The van der Waals surface area contributed by atoms with Crippen molar-refractivity contribution in [3.05, 3.63) is 75.8 Å². The zero-order chi connectivity index (χ0) is 17.3. The van der Waals surface area contributed by atoms with Crippen molar-refractivity contribution in [2.24, 2.45) is 0 Å². The smallest absolute Gasteiger partial charge is 0.123 e. The summed E-state index contributed by atoms with van der Waals surface area (Å²) in [6, 6.07) is 13.8. The lowest BCUT2D eigenvalue weighted by molar-refractivity contribution is 0.622. The summed E-state index contributed by atoms with van der Waals surface area (Å²) in [5.74, 6) is -0.250. The van der Waals surface area contributed by atoms with E-state index < -0.39 is 0 Å². The van der Waals surface area contributed by atoms with Crippen LogP contribution in [-0.2, 0) is 6.54 Å². The lowest BCUT2D eigenvalue weighted by Crippen LogP contribution is -2.04. The van der Waals surface area contributed by atoms with Gasteiger partial charge in [-0.15, -0.1) is 0 Å². The quantitative estimate of drug-likeness (QED) is 0.682. The molecule has 0 radical (unpaired) electrons. The first-order chi connectivity index (χ1) is 11.5. The summed E-state index contributed by atoms with van der Waals surface area (Å²) in [7, 11) is 0. The second-order valence-corrected chi connectivity index (χ2v) is 6.04. The van der Waals surface area contributed by atoms with Gasteiger partial charge < -0.3 is 0 Å². The predicted octanol–water partition coefficient (Wildman–Crippen LogP) is 4.88. The SMILES string of the molecule is Cc1nn(Cc2ccc(F)cc2)c(C)c1-c1ccc(C#N)c(Cl)c1. The minimum absolute atomic E-state index is 0.250. The first-order valence-electron chi connectivity index (χ1n) is 7.48. The average molecular weight is 340 g/mol. The van der Waals surface area contributed by atoms with Gasteiger partial charge in [-0.1, -0.05) is 29.8 Å². The molecule has 2 aromatic carbocycles. The summed E-state index contributed by atoms with van der Waals surface area (Å²) >= 11 is 6.15. The molecule has 3 aromatic rings. The van der Waals surface area contributed by atoms with Crippen LogP contribution in [0.3, 0.4) is 0 Å². The molecule has 120 valence electrons. The van der Waals surface area contributed by atoms with Crippen LogP contribution >= 0.6 is 11.6 Å². The van der Waals surface area contributed by atoms with E-state index in [0.717, 1.165) is 28.1 Å². The largest absolute Gasteiger partial charge is 0.265 e. The third-order valence-electron chi connectivity index (χ3n) is 4.01. The molecular weight excluding hydrogens is 325 g/mol. The van der Waals surface area contributed by atoms with Crippen molar-refractivity contribution in [3.8, 4) is 17.2 Å². The van der Waals surface area contributed by atoms with E-state index in [4.69, 9.17) is 16.9 Å². The van der Waals surface area contributed by atoms with Crippen molar-refractivity contribution in [2.75, 3.05) is 0 Å². The molecular formula is C19H15ClFN3. The van der Waals surface area contributed by atoms with Crippen molar-refractivity contribution >= 4 is 11.6 Å². The fraction of sp³-hybridized carbons (Fsp3) is 0.158. The van der Waals surface area contributed by atoms with Gasteiger partial charge in [-0.3, -0.25) is 4.68 Å². The molecule has 0 unspecified atom stereocenters. The van der Waals surface area contributed by atoms with Crippen LogP contribution in [0.2, 0.25) is 5.02 Å². The minimum Gasteiger partial charge on any atom is -0.265 e. The Morgan fingerprint density at radius 2 is 1.88 bits per heavy atom. The molecule has 0 N–H and O–H groups in total. The molecule has 0 aliphatic heterocycles. The highest BCUT2D eigenvalue weighted by Gasteiger charge is 2.15. The van der Waals surface area contributed by atoms with Gasteiger partial charge in [0.2, 0.25) is 0 Å². The van der Waals surface area contributed by atoms with Gasteiger partial charge >= 0.3 is 0 Å². The summed E-state index contributed by atoms with van der Waals surface area (Å²) in [4.78, 5) is 0. The van der Waals surface area contributed by atoms with Gasteiger partial charge in [-0.2, -0.15) is 10.4 Å². The van der Waals surface area contributed by atoms with Gasteiger partial charge in [0, 0.05) is 11.3 Å². The van der Waals surface area contributed by atoms with Gasteiger partial charge in [0.05, 0.1) is 22.8 Å². The maximum absolute atomic E-state index is 13.0. The molecule has 0 saturated heterocycles. The highest BCUT2D eigenvalue weighted by Crippen LogP contribution is 2.30. The number of hydrogen-bond donors (Lipinski definition) is 0. The minimum atomic E-state index is -0.250. The van der Waals surface area contributed by atoms with E-state index in [1.807, 2.05) is 24.6 Å². The molecule has 0 spiro atoms. The average Bonchev–Trinajstić information content (AvgIpc) is 2.83. The van der Waals surface area contributed by atoms with E-state index in [0.29, 0.717) is 17.1 Å². The fourth-order valence-corrected chi connectivity index (χ4v) is 3.02. The molecule has 0 bridgehead atoms. The van der Waals surface area contributed by atoms with Crippen molar-refractivity contribution < 1.29 is 4.39 Å². The summed E-state index contributed by atoms with van der Waals surface area (Å²) in [5.41, 5.74) is 5.25. The summed E-state index contributed by atoms with van der Waals surface area (Å²) < 4.78 is 14.9. The Morgan fingerprint density at radius 1 is 1.17 bits per heavy atom. The van der Waals surface area contributed by atoms with E-state index in [9.17, 15) is 4.39 Å².